The number of fused-ring (bicyclic) bond motifs is 13. The first-order chi connectivity index (χ1) is 32.0. The third-order valence-corrected chi connectivity index (χ3v) is 14.7. The lowest BCUT2D eigenvalue weighted by Gasteiger charge is -2.33. The fourth-order valence-corrected chi connectivity index (χ4v) is 11.9. The molecule has 0 bridgehead atoms. The largest absolute Gasteiger partial charge is 0.309 e. The quantitative estimate of drug-likeness (QED) is 0.161. The van der Waals surface area contributed by atoms with Crippen LogP contribution in [0.25, 0.3) is 66.8 Å². The SMILES string of the molecule is CC1(C)c2ccccc2-c2ccc(N(c3ccc(-c4ccccc4-c4ccccc4)cc3-c3ccccc3)c3cccc4c3-c3ccccc3C43c4ccccc4-c4ccccc43)cc21. The van der Waals surface area contributed by atoms with E-state index in [9.17, 15) is 0 Å². The van der Waals surface area contributed by atoms with Crippen molar-refractivity contribution in [1.82, 2.24) is 0 Å². The summed E-state index contributed by atoms with van der Waals surface area (Å²) in [4.78, 5) is 2.58. The van der Waals surface area contributed by atoms with Crippen molar-refractivity contribution in [2.75, 3.05) is 4.90 Å². The second-order valence-corrected chi connectivity index (χ2v) is 18.3. The van der Waals surface area contributed by atoms with Crippen LogP contribution in [0.4, 0.5) is 17.1 Å². The van der Waals surface area contributed by atoms with E-state index in [0.29, 0.717) is 0 Å². The van der Waals surface area contributed by atoms with Crippen LogP contribution in [0, 0.1) is 0 Å². The predicted octanol–water partition coefficient (Wildman–Crippen LogP) is 16.8. The van der Waals surface area contributed by atoms with Gasteiger partial charge in [-0.25, -0.2) is 0 Å². The summed E-state index contributed by atoms with van der Waals surface area (Å²) in [5.74, 6) is 0. The molecule has 0 saturated carbocycles. The topological polar surface area (TPSA) is 3.24 Å². The van der Waals surface area contributed by atoms with Gasteiger partial charge in [0.15, 0.2) is 0 Å². The first kappa shape index (κ1) is 37.5. The highest BCUT2D eigenvalue weighted by Gasteiger charge is 2.52. The van der Waals surface area contributed by atoms with Crippen LogP contribution >= 0.6 is 0 Å². The predicted molar refractivity (Wildman–Crippen MR) is 271 cm³/mol. The molecule has 65 heavy (non-hydrogen) atoms. The minimum atomic E-state index is -0.463. The van der Waals surface area contributed by atoms with Crippen LogP contribution in [-0.4, -0.2) is 0 Å². The molecule has 10 aromatic rings. The molecular formula is C64H45N. The molecule has 0 atom stereocenters. The fraction of sp³-hybridized carbons (Fsp3) is 0.0625. The van der Waals surface area contributed by atoms with Gasteiger partial charge in [-0.05, 0) is 119 Å². The summed E-state index contributed by atoms with van der Waals surface area (Å²) in [7, 11) is 0. The highest BCUT2D eigenvalue weighted by molar-refractivity contribution is 6.03. The number of nitrogens with zero attached hydrogens (tertiary/aromatic N) is 1. The maximum absolute atomic E-state index is 2.58. The first-order valence-electron chi connectivity index (χ1n) is 22.8. The van der Waals surface area contributed by atoms with Crippen LogP contribution in [0.1, 0.15) is 47.2 Å². The van der Waals surface area contributed by atoms with Crippen LogP contribution in [0.5, 0.6) is 0 Å². The lowest BCUT2D eigenvalue weighted by Crippen LogP contribution is -2.26. The van der Waals surface area contributed by atoms with E-state index >= 15 is 0 Å². The minimum Gasteiger partial charge on any atom is -0.309 e. The molecule has 306 valence electrons. The summed E-state index contributed by atoms with van der Waals surface area (Å²) < 4.78 is 0. The van der Waals surface area contributed by atoms with Gasteiger partial charge in [0, 0.05) is 22.2 Å². The Kier molecular flexibility index (Phi) is 8.24. The summed E-state index contributed by atoms with van der Waals surface area (Å²) in [5.41, 5.74) is 25.8. The molecule has 1 heteroatoms. The van der Waals surface area contributed by atoms with Crippen LogP contribution in [0.3, 0.4) is 0 Å². The maximum atomic E-state index is 2.58. The van der Waals surface area contributed by atoms with E-state index in [1.165, 1.54) is 100 Å². The summed E-state index contributed by atoms with van der Waals surface area (Å²) in [6.07, 6.45) is 0. The summed E-state index contributed by atoms with van der Waals surface area (Å²) >= 11 is 0. The van der Waals surface area contributed by atoms with Crippen LogP contribution < -0.4 is 4.90 Å². The third kappa shape index (κ3) is 5.33. The number of anilines is 3. The lowest BCUT2D eigenvalue weighted by molar-refractivity contribution is 0.660. The molecule has 0 saturated heterocycles. The number of hydrogen-bond acceptors (Lipinski definition) is 1. The molecule has 3 aliphatic carbocycles. The molecule has 0 radical (unpaired) electrons. The van der Waals surface area contributed by atoms with Crippen molar-refractivity contribution in [3.8, 4) is 66.8 Å². The summed E-state index contributed by atoms with van der Waals surface area (Å²) in [6.45, 7) is 4.77. The molecule has 3 aliphatic rings. The van der Waals surface area contributed by atoms with E-state index in [0.717, 1.165) is 17.1 Å². The molecule has 1 nitrogen and oxygen atoms in total. The van der Waals surface area contributed by atoms with Gasteiger partial charge in [0.1, 0.15) is 0 Å². The molecule has 0 heterocycles. The first-order valence-corrected chi connectivity index (χ1v) is 22.8. The van der Waals surface area contributed by atoms with Crippen molar-refractivity contribution in [2.45, 2.75) is 24.7 Å². The molecule has 0 amide bonds. The summed E-state index contributed by atoms with van der Waals surface area (Å²) in [5, 5.41) is 0. The Labute approximate surface area is 381 Å². The van der Waals surface area contributed by atoms with Crippen molar-refractivity contribution >= 4 is 17.1 Å². The van der Waals surface area contributed by atoms with E-state index in [2.05, 4.69) is 255 Å². The zero-order valence-electron chi connectivity index (χ0n) is 36.5. The second-order valence-electron chi connectivity index (χ2n) is 18.3. The van der Waals surface area contributed by atoms with Crippen LogP contribution in [0.15, 0.2) is 237 Å². The Morgan fingerprint density at radius 1 is 0.277 bits per heavy atom. The standard InChI is InChI=1S/C64H45N/c1-63(2)54-30-15-11-26-48(54)51-38-37-45(41-59(51)63)65(60-39-36-44(40-53(60)43-22-7-4-8-23-43)47-25-10-9-24-46(47)42-20-5-3-6-21-42)61-35-19-34-58-62(61)52-29-14-18-33-57(52)64(58)55-31-16-12-27-49(55)50-28-13-17-32-56(50)64/h3-41H,1-2H3. The Hall–Kier alpha value is -8.00. The molecule has 0 fully saturated rings. The van der Waals surface area contributed by atoms with Crippen molar-refractivity contribution in [3.63, 3.8) is 0 Å². The van der Waals surface area contributed by atoms with Gasteiger partial charge in [-0.15, -0.1) is 0 Å². The Balaban J connectivity index is 1.11. The minimum absolute atomic E-state index is 0.173. The summed E-state index contributed by atoms with van der Waals surface area (Å²) in [6, 6.07) is 88.3. The molecule has 0 aliphatic heterocycles. The van der Waals surface area contributed by atoms with Gasteiger partial charge >= 0.3 is 0 Å². The molecule has 10 aromatic carbocycles. The Bertz CT molecular complexity index is 3480. The molecule has 0 N–H and O–H groups in total. The van der Waals surface area contributed by atoms with Gasteiger partial charge in [-0.2, -0.15) is 0 Å². The number of benzene rings is 10. The average molecular weight is 828 g/mol. The second kappa shape index (κ2) is 14.3. The van der Waals surface area contributed by atoms with Gasteiger partial charge in [0.05, 0.1) is 16.8 Å². The van der Waals surface area contributed by atoms with Gasteiger partial charge < -0.3 is 4.90 Å². The molecule has 1 spiro atoms. The molecule has 13 rings (SSSR count). The number of rotatable bonds is 6. The molecule has 0 aromatic heterocycles. The zero-order chi connectivity index (χ0) is 43.3. The van der Waals surface area contributed by atoms with E-state index < -0.39 is 5.41 Å². The average Bonchev–Trinajstić information content (AvgIpc) is 3.93. The highest BCUT2D eigenvalue weighted by Crippen LogP contribution is 2.65. The van der Waals surface area contributed by atoms with Crippen molar-refractivity contribution in [1.29, 1.82) is 0 Å². The van der Waals surface area contributed by atoms with Gasteiger partial charge in [0.25, 0.3) is 0 Å². The molecule has 0 unspecified atom stereocenters. The Morgan fingerprint density at radius 2 is 0.738 bits per heavy atom. The fourth-order valence-electron chi connectivity index (χ4n) is 11.9. The van der Waals surface area contributed by atoms with E-state index in [-0.39, 0.29) is 5.41 Å². The maximum Gasteiger partial charge on any atom is 0.0726 e. The number of hydrogen-bond donors (Lipinski definition) is 0. The van der Waals surface area contributed by atoms with Crippen molar-refractivity contribution in [3.05, 3.63) is 270 Å². The van der Waals surface area contributed by atoms with Gasteiger partial charge in [-0.1, -0.05) is 220 Å². The van der Waals surface area contributed by atoms with E-state index in [1.54, 1.807) is 0 Å². The van der Waals surface area contributed by atoms with Crippen LogP contribution in [-0.2, 0) is 10.8 Å². The van der Waals surface area contributed by atoms with Crippen molar-refractivity contribution < 1.29 is 0 Å². The highest BCUT2D eigenvalue weighted by atomic mass is 15.1. The normalized spacial score (nSPS) is 13.9. The smallest absolute Gasteiger partial charge is 0.0726 e. The Morgan fingerprint density at radius 3 is 1.37 bits per heavy atom. The van der Waals surface area contributed by atoms with Crippen molar-refractivity contribution in [2.24, 2.45) is 0 Å². The monoisotopic (exact) mass is 827 g/mol. The molecular weight excluding hydrogens is 783 g/mol. The lowest BCUT2D eigenvalue weighted by atomic mass is 9.70. The van der Waals surface area contributed by atoms with E-state index in [1.807, 2.05) is 0 Å². The third-order valence-electron chi connectivity index (χ3n) is 14.7. The zero-order valence-corrected chi connectivity index (χ0v) is 36.5. The van der Waals surface area contributed by atoms with Gasteiger partial charge in [0.2, 0.25) is 0 Å². The van der Waals surface area contributed by atoms with Crippen LogP contribution in [0.2, 0.25) is 0 Å². The van der Waals surface area contributed by atoms with E-state index in [4.69, 9.17) is 0 Å². The van der Waals surface area contributed by atoms with Gasteiger partial charge in [-0.3, -0.25) is 0 Å².